The maximum atomic E-state index is 12.8. The smallest absolute Gasteiger partial charge is 0.267 e. The highest BCUT2D eigenvalue weighted by Gasteiger charge is 2.21. The van der Waals surface area contributed by atoms with Gasteiger partial charge in [0.15, 0.2) is 0 Å². The summed E-state index contributed by atoms with van der Waals surface area (Å²) in [6.45, 7) is 2.46. The van der Waals surface area contributed by atoms with Gasteiger partial charge in [0.2, 0.25) is 5.91 Å². The number of hydrogen-bond acceptors (Lipinski definition) is 4. The predicted octanol–water partition coefficient (Wildman–Crippen LogP) is 2.82. The van der Waals surface area contributed by atoms with Crippen molar-refractivity contribution in [2.24, 2.45) is 0 Å². The van der Waals surface area contributed by atoms with E-state index in [-0.39, 0.29) is 30.7 Å². The first-order chi connectivity index (χ1) is 11.0. The highest BCUT2D eigenvalue weighted by Crippen LogP contribution is 2.20. The van der Waals surface area contributed by atoms with Gasteiger partial charge in [-0.3, -0.25) is 9.59 Å². The summed E-state index contributed by atoms with van der Waals surface area (Å²) in [5, 5.41) is 2.72. The zero-order valence-electron chi connectivity index (χ0n) is 12.4. The Bertz CT molecular complexity index is 690. The molecule has 0 aliphatic heterocycles. The fourth-order valence-corrected chi connectivity index (χ4v) is 3.21. The zero-order valence-corrected chi connectivity index (χ0v) is 14.8. The van der Waals surface area contributed by atoms with Gasteiger partial charge in [-0.15, -0.1) is 11.3 Å². The minimum atomic E-state index is -0.321. The fourth-order valence-electron chi connectivity index (χ4n) is 1.87. The number of aromatic nitrogens is 1. The SMILES string of the molecule is CCN(CC(=O)NCc1ccc(F)cc1)C(=O)c1scnc1Br. The van der Waals surface area contributed by atoms with Crippen LogP contribution in [0, 0.1) is 5.82 Å². The highest BCUT2D eigenvalue weighted by atomic mass is 79.9. The van der Waals surface area contributed by atoms with Crippen LogP contribution in [0.3, 0.4) is 0 Å². The number of carbonyl (C=O) groups excluding carboxylic acids is 2. The van der Waals surface area contributed by atoms with Crippen molar-refractivity contribution in [3.8, 4) is 0 Å². The van der Waals surface area contributed by atoms with Crippen LogP contribution in [-0.2, 0) is 11.3 Å². The molecule has 0 saturated carbocycles. The van der Waals surface area contributed by atoms with Gasteiger partial charge < -0.3 is 10.2 Å². The molecular formula is C15H15BrFN3O2S. The molecular weight excluding hydrogens is 385 g/mol. The van der Waals surface area contributed by atoms with E-state index >= 15 is 0 Å². The lowest BCUT2D eigenvalue weighted by atomic mass is 10.2. The second-order valence-corrected chi connectivity index (χ2v) is 6.30. The molecule has 5 nitrogen and oxygen atoms in total. The number of carbonyl (C=O) groups is 2. The number of hydrogen-bond donors (Lipinski definition) is 1. The molecule has 0 aliphatic carbocycles. The summed E-state index contributed by atoms with van der Waals surface area (Å²) >= 11 is 4.44. The standard InChI is InChI=1S/C15H15BrFN3O2S/c1-2-20(15(22)13-14(16)19-9-23-13)8-12(21)18-7-10-3-5-11(17)6-4-10/h3-6,9H,2,7-8H2,1H3,(H,18,21). The van der Waals surface area contributed by atoms with E-state index in [0.29, 0.717) is 16.0 Å². The lowest BCUT2D eigenvalue weighted by Gasteiger charge is -2.19. The number of likely N-dealkylation sites (N-methyl/N-ethyl adjacent to an activating group) is 1. The second-order valence-electron chi connectivity index (χ2n) is 4.69. The molecule has 23 heavy (non-hydrogen) atoms. The van der Waals surface area contributed by atoms with Crippen LogP contribution in [0.1, 0.15) is 22.2 Å². The summed E-state index contributed by atoms with van der Waals surface area (Å²) in [6, 6.07) is 5.88. The second kappa shape index (κ2) is 8.16. The van der Waals surface area contributed by atoms with Crippen molar-refractivity contribution in [1.29, 1.82) is 0 Å². The molecule has 1 aromatic carbocycles. The van der Waals surface area contributed by atoms with Crippen LogP contribution in [0.2, 0.25) is 0 Å². The Labute approximate surface area is 145 Å². The molecule has 122 valence electrons. The van der Waals surface area contributed by atoms with Crippen molar-refractivity contribution in [3.05, 3.63) is 50.6 Å². The largest absolute Gasteiger partial charge is 0.350 e. The Morgan fingerprint density at radius 2 is 2.04 bits per heavy atom. The van der Waals surface area contributed by atoms with Gasteiger partial charge in [-0.05, 0) is 40.5 Å². The van der Waals surface area contributed by atoms with Crippen LogP contribution < -0.4 is 5.32 Å². The molecule has 2 amide bonds. The molecule has 0 aliphatic rings. The molecule has 1 aromatic heterocycles. The summed E-state index contributed by atoms with van der Waals surface area (Å²) in [7, 11) is 0. The average molecular weight is 400 g/mol. The Morgan fingerprint density at radius 1 is 1.35 bits per heavy atom. The van der Waals surface area contributed by atoms with E-state index < -0.39 is 0 Å². The molecule has 0 fully saturated rings. The molecule has 0 atom stereocenters. The molecule has 0 radical (unpaired) electrons. The molecule has 2 aromatic rings. The van der Waals surface area contributed by atoms with E-state index in [4.69, 9.17) is 0 Å². The van der Waals surface area contributed by atoms with E-state index in [9.17, 15) is 14.0 Å². The van der Waals surface area contributed by atoms with Crippen LogP contribution in [0.25, 0.3) is 0 Å². The highest BCUT2D eigenvalue weighted by molar-refractivity contribution is 9.10. The normalized spacial score (nSPS) is 10.4. The molecule has 1 heterocycles. The molecule has 8 heteroatoms. The van der Waals surface area contributed by atoms with Crippen molar-refractivity contribution in [1.82, 2.24) is 15.2 Å². The van der Waals surface area contributed by atoms with Crippen molar-refractivity contribution >= 4 is 39.1 Å². The minimum absolute atomic E-state index is 0.0408. The maximum Gasteiger partial charge on any atom is 0.267 e. The number of thiazole rings is 1. The van der Waals surface area contributed by atoms with Crippen LogP contribution >= 0.6 is 27.3 Å². The fraction of sp³-hybridized carbons (Fsp3) is 0.267. The van der Waals surface area contributed by atoms with Gasteiger partial charge in [-0.1, -0.05) is 12.1 Å². The van der Waals surface area contributed by atoms with Crippen molar-refractivity contribution in [3.63, 3.8) is 0 Å². The van der Waals surface area contributed by atoms with Gasteiger partial charge in [0.25, 0.3) is 5.91 Å². The van der Waals surface area contributed by atoms with Crippen molar-refractivity contribution in [2.75, 3.05) is 13.1 Å². The first-order valence-corrected chi connectivity index (χ1v) is 8.58. The number of benzene rings is 1. The third-order valence-electron chi connectivity index (χ3n) is 3.12. The number of amides is 2. The zero-order chi connectivity index (χ0) is 16.8. The summed E-state index contributed by atoms with van der Waals surface area (Å²) in [4.78, 5) is 30.2. The molecule has 1 N–H and O–H groups in total. The number of halogens is 2. The van der Waals surface area contributed by atoms with Crippen LogP contribution in [0.15, 0.2) is 34.4 Å². The van der Waals surface area contributed by atoms with Gasteiger partial charge in [0, 0.05) is 13.1 Å². The average Bonchev–Trinajstić information content (AvgIpc) is 2.97. The maximum absolute atomic E-state index is 12.8. The summed E-state index contributed by atoms with van der Waals surface area (Å²) in [5.41, 5.74) is 2.36. The summed E-state index contributed by atoms with van der Waals surface area (Å²) in [6.07, 6.45) is 0. The van der Waals surface area contributed by atoms with Crippen LogP contribution in [0.5, 0.6) is 0 Å². The number of rotatable bonds is 6. The molecule has 0 spiro atoms. The predicted molar refractivity (Wildman–Crippen MR) is 89.6 cm³/mol. The molecule has 0 saturated heterocycles. The monoisotopic (exact) mass is 399 g/mol. The Morgan fingerprint density at radius 3 is 2.61 bits per heavy atom. The van der Waals surface area contributed by atoms with Crippen LogP contribution in [-0.4, -0.2) is 34.8 Å². The number of nitrogens with zero attached hydrogens (tertiary/aromatic N) is 2. The van der Waals surface area contributed by atoms with Gasteiger partial charge in [-0.2, -0.15) is 0 Å². The van der Waals surface area contributed by atoms with Gasteiger partial charge in [0.05, 0.1) is 12.1 Å². The van der Waals surface area contributed by atoms with E-state index in [1.54, 1.807) is 24.6 Å². The van der Waals surface area contributed by atoms with Gasteiger partial charge >= 0.3 is 0 Å². The molecule has 0 unspecified atom stereocenters. The van der Waals surface area contributed by atoms with E-state index in [0.717, 1.165) is 5.56 Å². The molecule has 0 bridgehead atoms. The lowest BCUT2D eigenvalue weighted by molar-refractivity contribution is -0.121. The summed E-state index contributed by atoms with van der Waals surface area (Å²) in [5.74, 6) is -0.832. The van der Waals surface area contributed by atoms with Gasteiger partial charge in [0.1, 0.15) is 15.3 Å². The first kappa shape index (κ1) is 17.6. The first-order valence-electron chi connectivity index (χ1n) is 6.90. The van der Waals surface area contributed by atoms with Crippen molar-refractivity contribution in [2.45, 2.75) is 13.5 Å². The quantitative estimate of drug-likeness (QED) is 0.811. The third-order valence-corrected chi connectivity index (χ3v) is 4.80. The summed E-state index contributed by atoms with van der Waals surface area (Å²) < 4.78 is 13.3. The van der Waals surface area contributed by atoms with Crippen LogP contribution in [0.4, 0.5) is 4.39 Å². The van der Waals surface area contributed by atoms with Crippen molar-refractivity contribution < 1.29 is 14.0 Å². The number of nitrogens with one attached hydrogen (secondary N) is 1. The van der Waals surface area contributed by atoms with E-state index in [1.165, 1.54) is 28.4 Å². The lowest BCUT2D eigenvalue weighted by Crippen LogP contribution is -2.40. The Balaban J connectivity index is 1.91. The van der Waals surface area contributed by atoms with Gasteiger partial charge in [-0.25, -0.2) is 9.37 Å². The third kappa shape index (κ3) is 4.84. The topological polar surface area (TPSA) is 62.3 Å². The minimum Gasteiger partial charge on any atom is -0.350 e. The van der Waals surface area contributed by atoms with E-state index in [1.807, 2.05) is 0 Å². The Kier molecular flexibility index (Phi) is 6.23. The van der Waals surface area contributed by atoms with E-state index in [2.05, 4.69) is 26.2 Å². The molecule has 2 rings (SSSR count). The Hall–Kier alpha value is -1.80.